The van der Waals surface area contributed by atoms with E-state index in [-0.39, 0.29) is 6.54 Å². The van der Waals surface area contributed by atoms with Gasteiger partial charge in [-0.05, 0) is 37.6 Å². The van der Waals surface area contributed by atoms with Crippen LogP contribution in [0.4, 0.5) is 15.3 Å². The minimum absolute atomic E-state index is 0.169. The monoisotopic (exact) mass is 298 g/mol. The van der Waals surface area contributed by atoms with E-state index in [0.717, 1.165) is 9.80 Å². The number of nitrogens with zero attached hydrogens (tertiary/aromatic N) is 4. The standard InChI is InChI=1S/C15H14N4O3/c1-9-6-11(5-4-10(9)7-16)18-12(20)15(2)8-17(3)13(21)19(15)14(18)22/h4-6H,8H2,1-3H3. The fraction of sp³-hybridized carbons (Fsp3) is 0.333. The molecular formula is C15H14N4O3. The lowest BCUT2D eigenvalue weighted by molar-refractivity contribution is -0.122. The van der Waals surface area contributed by atoms with Crippen LogP contribution in [0, 0.1) is 18.3 Å². The molecule has 0 radical (unpaired) electrons. The van der Waals surface area contributed by atoms with Crippen molar-refractivity contribution in [2.75, 3.05) is 18.5 Å². The van der Waals surface area contributed by atoms with E-state index in [9.17, 15) is 14.4 Å². The summed E-state index contributed by atoms with van der Waals surface area (Å²) in [6.45, 7) is 3.49. The number of anilines is 1. The third-order valence-corrected chi connectivity index (χ3v) is 4.19. The quantitative estimate of drug-likeness (QED) is 0.735. The average molecular weight is 298 g/mol. The summed E-state index contributed by atoms with van der Waals surface area (Å²) >= 11 is 0. The van der Waals surface area contributed by atoms with Gasteiger partial charge < -0.3 is 4.90 Å². The molecule has 0 spiro atoms. The van der Waals surface area contributed by atoms with Crippen molar-refractivity contribution in [1.29, 1.82) is 5.26 Å². The molecule has 0 saturated carbocycles. The van der Waals surface area contributed by atoms with Crippen LogP contribution in [0.1, 0.15) is 18.1 Å². The third kappa shape index (κ3) is 1.58. The normalized spacial score (nSPS) is 24.1. The smallest absolute Gasteiger partial charge is 0.324 e. The highest BCUT2D eigenvalue weighted by atomic mass is 16.2. The Morgan fingerprint density at radius 3 is 2.45 bits per heavy atom. The summed E-state index contributed by atoms with van der Waals surface area (Å²) in [6.07, 6.45) is 0. The lowest BCUT2D eigenvalue weighted by Crippen LogP contribution is -2.45. The molecule has 1 atom stereocenters. The van der Waals surface area contributed by atoms with Crippen LogP contribution in [-0.2, 0) is 4.79 Å². The summed E-state index contributed by atoms with van der Waals surface area (Å²) in [6, 6.07) is 5.62. The van der Waals surface area contributed by atoms with E-state index in [0.29, 0.717) is 16.8 Å². The van der Waals surface area contributed by atoms with Crippen LogP contribution in [0.25, 0.3) is 0 Å². The second kappa shape index (κ2) is 4.31. The van der Waals surface area contributed by atoms with Gasteiger partial charge in [0.2, 0.25) is 0 Å². The van der Waals surface area contributed by atoms with Crippen LogP contribution < -0.4 is 4.90 Å². The predicted octanol–water partition coefficient (Wildman–Crippen LogP) is 1.46. The number of fused-ring (bicyclic) bond motifs is 1. The molecule has 0 bridgehead atoms. The highest BCUT2D eigenvalue weighted by Crippen LogP contribution is 2.37. The van der Waals surface area contributed by atoms with Crippen LogP contribution in [0.2, 0.25) is 0 Å². The SMILES string of the molecule is Cc1cc(N2C(=O)N3C(=O)N(C)CC3(C)C2=O)ccc1C#N. The van der Waals surface area contributed by atoms with E-state index in [1.54, 1.807) is 39.1 Å². The summed E-state index contributed by atoms with van der Waals surface area (Å²) in [5.41, 5.74) is 0.342. The van der Waals surface area contributed by atoms with Gasteiger partial charge in [-0.1, -0.05) is 0 Å². The van der Waals surface area contributed by atoms with Crippen LogP contribution in [0.3, 0.4) is 0 Å². The zero-order valence-electron chi connectivity index (χ0n) is 12.5. The number of imide groups is 2. The lowest BCUT2D eigenvalue weighted by Gasteiger charge is -2.19. The van der Waals surface area contributed by atoms with Crippen molar-refractivity contribution in [2.24, 2.45) is 0 Å². The third-order valence-electron chi connectivity index (χ3n) is 4.19. The van der Waals surface area contributed by atoms with Crippen molar-refractivity contribution in [3.63, 3.8) is 0 Å². The van der Waals surface area contributed by atoms with E-state index in [2.05, 4.69) is 0 Å². The Labute approximate surface area is 127 Å². The summed E-state index contributed by atoms with van der Waals surface area (Å²) in [7, 11) is 1.56. The number of likely N-dealkylation sites (N-methyl/N-ethyl adjacent to an activating group) is 1. The number of aryl methyl sites for hydroxylation is 1. The first-order valence-corrected chi connectivity index (χ1v) is 6.76. The highest BCUT2D eigenvalue weighted by Gasteiger charge is 2.62. The Bertz CT molecular complexity index is 767. The minimum Gasteiger partial charge on any atom is -0.324 e. The number of hydrogen-bond donors (Lipinski definition) is 0. The zero-order valence-corrected chi connectivity index (χ0v) is 12.5. The molecule has 2 aliphatic rings. The molecule has 2 saturated heterocycles. The Balaban J connectivity index is 2.06. The molecule has 1 unspecified atom stereocenters. The molecule has 22 heavy (non-hydrogen) atoms. The highest BCUT2D eigenvalue weighted by molar-refractivity contribution is 6.28. The first-order chi connectivity index (χ1) is 10.3. The largest absolute Gasteiger partial charge is 0.340 e. The molecule has 0 aliphatic carbocycles. The van der Waals surface area contributed by atoms with E-state index < -0.39 is 23.5 Å². The average Bonchev–Trinajstić information content (AvgIpc) is 2.80. The van der Waals surface area contributed by atoms with Crippen LogP contribution in [0.5, 0.6) is 0 Å². The van der Waals surface area contributed by atoms with Gasteiger partial charge in [0.1, 0.15) is 5.54 Å². The maximum Gasteiger partial charge on any atom is 0.340 e. The number of benzene rings is 1. The number of urea groups is 2. The van der Waals surface area contributed by atoms with Gasteiger partial charge >= 0.3 is 12.1 Å². The van der Waals surface area contributed by atoms with Crippen molar-refractivity contribution < 1.29 is 14.4 Å². The topological polar surface area (TPSA) is 84.7 Å². The van der Waals surface area contributed by atoms with Gasteiger partial charge in [-0.2, -0.15) is 5.26 Å². The molecule has 112 valence electrons. The predicted molar refractivity (Wildman–Crippen MR) is 77.0 cm³/mol. The van der Waals surface area contributed by atoms with E-state index in [1.807, 2.05) is 6.07 Å². The van der Waals surface area contributed by atoms with Gasteiger partial charge in [0.25, 0.3) is 5.91 Å². The summed E-state index contributed by atoms with van der Waals surface area (Å²) in [5.74, 6) is -0.431. The second-order valence-corrected chi connectivity index (χ2v) is 5.78. The molecule has 2 heterocycles. The molecule has 0 N–H and O–H groups in total. The maximum atomic E-state index is 12.7. The van der Waals surface area contributed by atoms with Crippen molar-refractivity contribution in [2.45, 2.75) is 19.4 Å². The fourth-order valence-corrected chi connectivity index (χ4v) is 3.01. The van der Waals surface area contributed by atoms with Gasteiger partial charge in [-0.3, -0.25) is 4.79 Å². The number of hydrogen-bond acceptors (Lipinski definition) is 4. The molecular weight excluding hydrogens is 284 g/mol. The Kier molecular flexibility index (Phi) is 2.75. The van der Waals surface area contributed by atoms with Gasteiger partial charge in [-0.25, -0.2) is 19.4 Å². The molecule has 0 aromatic heterocycles. The van der Waals surface area contributed by atoms with Crippen molar-refractivity contribution in [1.82, 2.24) is 9.80 Å². The lowest BCUT2D eigenvalue weighted by atomic mass is 10.0. The van der Waals surface area contributed by atoms with Crippen LogP contribution in [-0.4, -0.2) is 46.9 Å². The van der Waals surface area contributed by atoms with Gasteiger partial charge in [0, 0.05) is 7.05 Å². The molecule has 3 rings (SSSR count). The summed E-state index contributed by atoms with van der Waals surface area (Å²) in [5, 5.41) is 8.96. The van der Waals surface area contributed by atoms with Gasteiger partial charge in [-0.15, -0.1) is 0 Å². The van der Waals surface area contributed by atoms with E-state index in [1.165, 1.54) is 4.90 Å². The Hall–Kier alpha value is -2.88. The molecule has 5 amide bonds. The summed E-state index contributed by atoms with van der Waals surface area (Å²) in [4.78, 5) is 40.7. The van der Waals surface area contributed by atoms with Crippen LogP contribution in [0.15, 0.2) is 18.2 Å². The Morgan fingerprint density at radius 1 is 1.23 bits per heavy atom. The van der Waals surface area contributed by atoms with Crippen molar-refractivity contribution in [3.8, 4) is 6.07 Å². The number of amides is 5. The number of rotatable bonds is 1. The number of nitriles is 1. The van der Waals surface area contributed by atoms with Crippen molar-refractivity contribution >= 4 is 23.7 Å². The number of carbonyl (C=O) groups is 3. The number of carbonyl (C=O) groups excluding carboxylic acids is 3. The minimum atomic E-state index is -1.18. The molecule has 7 nitrogen and oxygen atoms in total. The second-order valence-electron chi connectivity index (χ2n) is 5.78. The summed E-state index contributed by atoms with van der Waals surface area (Å²) < 4.78 is 0. The first-order valence-electron chi connectivity index (χ1n) is 6.76. The molecule has 1 aromatic rings. The first kappa shape index (κ1) is 14.1. The van der Waals surface area contributed by atoms with Gasteiger partial charge in [0.05, 0.1) is 23.9 Å². The maximum absolute atomic E-state index is 12.7. The zero-order chi connectivity index (χ0) is 16.2. The van der Waals surface area contributed by atoms with Crippen LogP contribution >= 0.6 is 0 Å². The molecule has 2 fully saturated rings. The molecule has 7 heteroatoms. The Morgan fingerprint density at radius 2 is 1.91 bits per heavy atom. The van der Waals surface area contributed by atoms with E-state index >= 15 is 0 Å². The van der Waals surface area contributed by atoms with Crippen molar-refractivity contribution in [3.05, 3.63) is 29.3 Å². The van der Waals surface area contributed by atoms with E-state index in [4.69, 9.17) is 5.26 Å². The molecule has 2 aliphatic heterocycles. The fourth-order valence-electron chi connectivity index (χ4n) is 3.01. The molecule has 1 aromatic carbocycles. The van der Waals surface area contributed by atoms with Gasteiger partial charge in [0.15, 0.2) is 0 Å².